The third kappa shape index (κ3) is 6.11. The molecule has 0 unspecified atom stereocenters. The van der Waals surface area contributed by atoms with Gasteiger partial charge in [-0.05, 0) is 0 Å². The zero-order valence-electron chi connectivity index (χ0n) is 15.4. The molecular weight excluding hydrogens is 602 g/mol. The number of hydrogen-bond donors (Lipinski definition) is 0. The summed E-state index contributed by atoms with van der Waals surface area (Å²) in [5, 5.41) is 0. The first-order valence-electron chi connectivity index (χ1n) is 8.57. The van der Waals surface area contributed by atoms with Crippen molar-refractivity contribution >= 4 is 38.4 Å². The van der Waals surface area contributed by atoms with Crippen LogP contribution in [0.25, 0.3) is 0 Å². The maximum atomic E-state index is 6.43. The number of hydrogen-bond acceptors (Lipinski definition) is 3. The quantitative estimate of drug-likeness (QED) is 0.214. The van der Waals surface area contributed by atoms with Gasteiger partial charge in [-0.25, -0.2) is 0 Å². The van der Waals surface area contributed by atoms with Gasteiger partial charge in [-0.2, -0.15) is 0 Å². The fraction of sp³-hybridized carbons (Fsp3) is 0.143. The second kappa shape index (κ2) is 8.31. The van der Waals surface area contributed by atoms with Crippen molar-refractivity contribution in [3.8, 4) is 17.2 Å². The average Bonchev–Trinajstić information content (AvgIpc) is 2.61. The average molecular weight is 623 g/mol. The van der Waals surface area contributed by atoms with E-state index >= 15 is 0 Å². The van der Waals surface area contributed by atoms with Crippen LogP contribution in [-0.4, -0.2) is 0 Å². The second-order valence-corrected chi connectivity index (χ2v) is 33.8. The normalized spacial score (nSPS) is 12.7. The molecule has 27 heavy (non-hydrogen) atoms. The Bertz CT molecular complexity index is 785. The van der Waals surface area contributed by atoms with Gasteiger partial charge >= 0.3 is 185 Å². The molecule has 3 aromatic rings. The van der Waals surface area contributed by atoms with Crippen LogP contribution >= 0.6 is 38.4 Å². The maximum absolute atomic E-state index is 6.43. The van der Waals surface area contributed by atoms with Gasteiger partial charge in [0.25, 0.3) is 0 Å². The molecule has 0 saturated heterocycles. The van der Waals surface area contributed by atoms with Crippen molar-refractivity contribution in [3.05, 3.63) is 89.5 Å². The van der Waals surface area contributed by atoms with E-state index < -0.39 is 8.97 Å². The molecule has 3 aromatic carbocycles. The van der Waals surface area contributed by atoms with Gasteiger partial charge in [-0.3, -0.25) is 0 Å². The number of benzene rings is 3. The van der Waals surface area contributed by atoms with Crippen LogP contribution in [0.2, 0.25) is 0 Å². The van der Waals surface area contributed by atoms with E-state index in [0.29, 0.717) is 0 Å². The molecule has 0 atom stereocenters. The zero-order chi connectivity index (χ0) is 19.5. The summed E-state index contributed by atoms with van der Waals surface area (Å²) in [6.07, 6.45) is 0. The number of halogens is 2. The third-order valence-corrected chi connectivity index (χ3v) is 12.0. The molecule has 0 spiro atoms. The van der Waals surface area contributed by atoms with Gasteiger partial charge in [-0.1, -0.05) is 0 Å². The van der Waals surface area contributed by atoms with Gasteiger partial charge in [0, 0.05) is 0 Å². The summed E-state index contributed by atoms with van der Waals surface area (Å²) in [5.41, 5.74) is 3.53. The predicted molar refractivity (Wildman–Crippen MR) is 123 cm³/mol. The monoisotopic (exact) mass is 623 g/mol. The molecule has 0 N–H and O–H groups in total. The fourth-order valence-electron chi connectivity index (χ4n) is 2.44. The minimum absolute atomic E-state index is 0.737. The standard InChI is InChI=1S/3C7H8O.2HI.Ti/c3*1-6-2-4-7(8)5-3-6;;;/h3*2-5,8H,1H3;2*1H;/q;;;;;+5/p-5. The van der Waals surface area contributed by atoms with E-state index in [9.17, 15) is 0 Å². The van der Waals surface area contributed by atoms with Crippen LogP contribution in [0.4, 0.5) is 0 Å². The molecule has 0 radical (unpaired) electrons. The molecule has 0 aliphatic heterocycles. The summed E-state index contributed by atoms with van der Waals surface area (Å²) in [6, 6.07) is 23.8. The molecule has 0 bridgehead atoms. The van der Waals surface area contributed by atoms with Crippen molar-refractivity contribution in [2.45, 2.75) is 20.8 Å². The van der Waals surface area contributed by atoms with E-state index in [1.54, 1.807) is 0 Å². The first kappa shape index (κ1) is 21.0. The van der Waals surface area contributed by atoms with Crippen molar-refractivity contribution < 1.29 is 18.9 Å². The summed E-state index contributed by atoms with van der Waals surface area (Å²) < 4.78 is 19.3. The van der Waals surface area contributed by atoms with Crippen LogP contribution in [-0.2, 0) is 8.97 Å². The van der Waals surface area contributed by atoms with E-state index in [4.69, 9.17) is 9.96 Å². The van der Waals surface area contributed by atoms with Crippen LogP contribution in [0.1, 0.15) is 16.7 Å². The SMILES string of the molecule is Cc1ccc([O][Ti]([I])([I])([O]c2ccc(C)cc2)[O]c2ccc(C)cc2)cc1. The van der Waals surface area contributed by atoms with Gasteiger partial charge < -0.3 is 0 Å². The van der Waals surface area contributed by atoms with E-state index in [2.05, 4.69) is 38.4 Å². The molecular formula is C21H21I2O3Ti. The van der Waals surface area contributed by atoms with Gasteiger partial charge in [0.1, 0.15) is 0 Å². The first-order valence-corrected chi connectivity index (χ1v) is 20.6. The zero-order valence-corrected chi connectivity index (χ0v) is 21.3. The topological polar surface area (TPSA) is 27.7 Å². The molecule has 0 saturated carbocycles. The fourth-order valence-corrected chi connectivity index (χ4v) is 11.3. The van der Waals surface area contributed by atoms with Crippen LogP contribution < -0.4 is 9.96 Å². The Morgan fingerprint density at radius 2 is 0.704 bits per heavy atom. The molecule has 0 amide bonds. The van der Waals surface area contributed by atoms with Crippen molar-refractivity contribution in [2.75, 3.05) is 0 Å². The third-order valence-electron chi connectivity index (χ3n) is 3.90. The summed E-state index contributed by atoms with van der Waals surface area (Å²) in [7, 11) is -4.39. The Hall–Kier alpha value is -0.766. The Kier molecular flexibility index (Phi) is 6.45. The van der Waals surface area contributed by atoms with E-state index in [1.807, 2.05) is 93.6 Å². The second-order valence-electron chi connectivity index (χ2n) is 6.53. The molecule has 0 heterocycles. The molecule has 3 rings (SSSR count). The van der Waals surface area contributed by atoms with Crippen molar-refractivity contribution in [1.82, 2.24) is 0 Å². The Morgan fingerprint density at radius 1 is 0.481 bits per heavy atom. The van der Waals surface area contributed by atoms with Crippen molar-refractivity contribution in [1.29, 1.82) is 0 Å². The van der Waals surface area contributed by atoms with E-state index in [-0.39, 0.29) is 0 Å². The van der Waals surface area contributed by atoms with Gasteiger partial charge in [-0.15, -0.1) is 0 Å². The van der Waals surface area contributed by atoms with E-state index in [0.717, 1.165) is 17.2 Å². The Morgan fingerprint density at radius 3 is 0.926 bits per heavy atom. The van der Waals surface area contributed by atoms with Crippen molar-refractivity contribution in [3.63, 3.8) is 0 Å². The molecule has 6 heteroatoms. The van der Waals surface area contributed by atoms with Gasteiger partial charge in [0.05, 0.1) is 0 Å². The minimum atomic E-state index is -4.39. The molecule has 3 nitrogen and oxygen atoms in total. The van der Waals surface area contributed by atoms with Gasteiger partial charge in [0.2, 0.25) is 0 Å². The number of aryl methyl sites for hydroxylation is 3. The molecule has 0 aliphatic rings. The summed E-state index contributed by atoms with van der Waals surface area (Å²) in [5.74, 6) is 2.21. The molecule has 141 valence electrons. The molecule has 0 aliphatic carbocycles. The predicted octanol–water partition coefficient (Wildman–Crippen LogP) is 7.28. The molecule has 0 fully saturated rings. The summed E-state index contributed by atoms with van der Waals surface area (Å²) >= 11 is 4.51. The first-order chi connectivity index (χ1) is 12.7. The van der Waals surface area contributed by atoms with E-state index in [1.165, 1.54) is 16.7 Å². The van der Waals surface area contributed by atoms with Crippen LogP contribution in [0.3, 0.4) is 0 Å². The summed E-state index contributed by atoms with van der Waals surface area (Å²) in [4.78, 5) is 0. The number of rotatable bonds is 6. The van der Waals surface area contributed by atoms with Crippen LogP contribution in [0.15, 0.2) is 72.8 Å². The van der Waals surface area contributed by atoms with Crippen LogP contribution in [0, 0.1) is 20.8 Å². The van der Waals surface area contributed by atoms with Crippen LogP contribution in [0.5, 0.6) is 17.2 Å². The Balaban J connectivity index is 1.95. The Labute approximate surface area is 183 Å². The van der Waals surface area contributed by atoms with Crippen molar-refractivity contribution in [2.24, 2.45) is 0 Å². The molecule has 0 aromatic heterocycles. The summed E-state index contributed by atoms with van der Waals surface area (Å²) in [6.45, 7) is 6.15. The van der Waals surface area contributed by atoms with Gasteiger partial charge in [0.15, 0.2) is 0 Å².